The third kappa shape index (κ3) is 1.48. The van der Waals surface area contributed by atoms with Crippen LogP contribution in [-0.2, 0) is 0 Å². The second-order valence-electron chi connectivity index (χ2n) is 4.74. The Balaban J connectivity index is 2.26. The molecule has 0 radical (unpaired) electrons. The number of imidazole rings is 2. The second-order valence-corrected chi connectivity index (χ2v) is 4.74. The number of amides is 1. The molecule has 0 aliphatic heterocycles. The van der Waals surface area contributed by atoms with Crippen molar-refractivity contribution < 1.29 is 4.79 Å². The summed E-state index contributed by atoms with van der Waals surface area (Å²) in [5, 5.41) is 0. The summed E-state index contributed by atoms with van der Waals surface area (Å²) >= 11 is 0. The maximum absolute atomic E-state index is 11.1. The lowest BCUT2D eigenvalue weighted by atomic mass is 10.1. The molecule has 92 valence electrons. The van der Waals surface area contributed by atoms with Gasteiger partial charge in [-0.15, -0.1) is 0 Å². The van der Waals surface area contributed by atoms with Crippen molar-refractivity contribution in [1.29, 1.82) is 0 Å². The number of rotatable bonds is 2. The van der Waals surface area contributed by atoms with Crippen LogP contribution in [0.3, 0.4) is 0 Å². The van der Waals surface area contributed by atoms with Crippen molar-refractivity contribution >= 4 is 22.7 Å². The maximum atomic E-state index is 11.1. The lowest BCUT2D eigenvalue weighted by Crippen LogP contribution is -2.10. The standard InChI is InChI=1S/C13H14N4O/c1-7(2)10-6-17-11-4-3-8(12(14)18)5-9(11)15-13(17)16-10/h3-7H,1-2H3,(H2,14,18)(H,15,16). The zero-order valence-corrected chi connectivity index (χ0v) is 10.3. The number of aromatic amines is 1. The first kappa shape index (κ1) is 10.8. The van der Waals surface area contributed by atoms with Crippen LogP contribution in [0.2, 0.25) is 0 Å². The first-order valence-electron chi connectivity index (χ1n) is 5.87. The molecule has 1 aromatic carbocycles. The van der Waals surface area contributed by atoms with Gasteiger partial charge in [0.15, 0.2) is 0 Å². The van der Waals surface area contributed by atoms with Crippen LogP contribution >= 0.6 is 0 Å². The van der Waals surface area contributed by atoms with E-state index in [-0.39, 0.29) is 0 Å². The van der Waals surface area contributed by atoms with Crippen LogP contribution in [0, 0.1) is 0 Å². The second kappa shape index (κ2) is 3.60. The average Bonchev–Trinajstić information content (AvgIpc) is 2.84. The number of hydrogen-bond donors (Lipinski definition) is 2. The van der Waals surface area contributed by atoms with Crippen LogP contribution in [-0.4, -0.2) is 20.3 Å². The number of primary amides is 1. The van der Waals surface area contributed by atoms with Crippen LogP contribution in [0.1, 0.15) is 35.8 Å². The summed E-state index contributed by atoms with van der Waals surface area (Å²) in [5.41, 5.74) is 8.61. The molecule has 0 aliphatic rings. The van der Waals surface area contributed by atoms with E-state index in [0.29, 0.717) is 11.5 Å². The van der Waals surface area contributed by atoms with Crippen molar-refractivity contribution in [1.82, 2.24) is 14.4 Å². The number of benzene rings is 1. The number of H-pyrrole nitrogens is 1. The van der Waals surface area contributed by atoms with Gasteiger partial charge in [0, 0.05) is 17.5 Å². The zero-order chi connectivity index (χ0) is 12.9. The van der Waals surface area contributed by atoms with E-state index in [0.717, 1.165) is 22.5 Å². The molecule has 0 fully saturated rings. The highest BCUT2D eigenvalue weighted by Gasteiger charge is 2.11. The minimum atomic E-state index is -0.434. The van der Waals surface area contributed by atoms with Crippen LogP contribution in [0.4, 0.5) is 0 Å². The Bertz CT molecular complexity index is 751. The lowest BCUT2D eigenvalue weighted by Gasteiger charge is -1.98. The molecule has 3 N–H and O–H groups in total. The molecule has 5 heteroatoms. The van der Waals surface area contributed by atoms with Gasteiger partial charge in [0.25, 0.3) is 0 Å². The summed E-state index contributed by atoms with van der Waals surface area (Å²) in [4.78, 5) is 18.9. The summed E-state index contributed by atoms with van der Waals surface area (Å²) in [6.45, 7) is 4.25. The summed E-state index contributed by atoms with van der Waals surface area (Å²) in [6.07, 6.45) is 2.04. The van der Waals surface area contributed by atoms with Crippen LogP contribution in [0.5, 0.6) is 0 Å². The molecule has 0 spiro atoms. The van der Waals surface area contributed by atoms with E-state index in [2.05, 4.69) is 23.8 Å². The van der Waals surface area contributed by atoms with Crippen molar-refractivity contribution in [2.24, 2.45) is 5.73 Å². The van der Waals surface area contributed by atoms with Crippen molar-refractivity contribution in [3.05, 3.63) is 35.7 Å². The lowest BCUT2D eigenvalue weighted by molar-refractivity contribution is 0.100. The number of nitrogens with two attached hydrogens (primary N) is 1. The molecule has 0 aliphatic carbocycles. The molecule has 0 atom stereocenters. The summed E-state index contributed by atoms with van der Waals surface area (Å²) in [7, 11) is 0. The van der Waals surface area contributed by atoms with Crippen molar-refractivity contribution in [2.75, 3.05) is 0 Å². The van der Waals surface area contributed by atoms with Gasteiger partial charge < -0.3 is 10.7 Å². The molecular weight excluding hydrogens is 228 g/mol. The van der Waals surface area contributed by atoms with Gasteiger partial charge in [-0.25, -0.2) is 4.98 Å². The molecule has 5 nitrogen and oxygen atoms in total. The molecule has 3 rings (SSSR count). The number of carbonyl (C=O) groups is 1. The first-order valence-corrected chi connectivity index (χ1v) is 5.87. The molecule has 0 saturated heterocycles. The van der Waals surface area contributed by atoms with E-state index < -0.39 is 5.91 Å². The normalized spacial score (nSPS) is 11.7. The third-order valence-corrected chi connectivity index (χ3v) is 3.12. The Morgan fingerprint density at radius 3 is 2.89 bits per heavy atom. The number of aromatic nitrogens is 3. The first-order chi connectivity index (χ1) is 8.56. The number of fused-ring (bicyclic) bond motifs is 3. The van der Waals surface area contributed by atoms with Crippen LogP contribution in [0.25, 0.3) is 16.8 Å². The average molecular weight is 242 g/mol. The minimum absolute atomic E-state index is 0.423. The smallest absolute Gasteiger partial charge is 0.248 e. The third-order valence-electron chi connectivity index (χ3n) is 3.12. The fourth-order valence-corrected chi connectivity index (χ4v) is 2.06. The molecule has 0 saturated carbocycles. The Labute approximate surface area is 104 Å². The molecule has 3 aromatic rings. The summed E-state index contributed by atoms with van der Waals surface area (Å²) in [5.74, 6) is 0.776. The highest BCUT2D eigenvalue weighted by Crippen LogP contribution is 2.21. The van der Waals surface area contributed by atoms with E-state index in [1.165, 1.54) is 0 Å². The molecule has 1 amide bonds. The number of nitrogens with zero attached hydrogens (tertiary/aromatic N) is 2. The fraction of sp³-hybridized carbons (Fsp3) is 0.231. The number of nitrogens with one attached hydrogen (secondary N) is 1. The van der Waals surface area contributed by atoms with Crippen molar-refractivity contribution in [3.8, 4) is 0 Å². The van der Waals surface area contributed by atoms with Crippen molar-refractivity contribution in [2.45, 2.75) is 19.8 Å². The van der Waals surface area contributed by atoms with Gasteiger partial charge in [-0.05, 0) is 24.1 Å². The number of carbonyl (C=O) groups excluding carboxylic acids is 1. The van der Waals surface area contributed by atoms with Gasteiger partial charge in [0.1, 0.15) is 0 Å². The van der Waals surface area contributed by atoms with E-state index in [1.807, 2.05) is 16.7 Å². The van der Waals surface area contributed by atoms with Gasteiger partial charge in [0.2, 0.25) is 11.7 Å². The van der Waals surface area contributed by atoms with Crippen LogP contribution < -0.4 is 5.73 Å². The van der Waals surface area contributed by atoms with Gasteiger partial charge in [-0.3, -0.25) is 9.20 Å². The van der Waals surface area contributed by atoms with Gasteiger partial charge in [-0.1, -0.05) is 13.8 Å². The quantitative estimate of drug-likeness (QED) is 0.721. The van der Waals surface area contributed by atoms with Gasteiger partial charge >= 0.3 is 0 Å². The fourth-order valence-electron chi connectivity index (χ4n) is 2.06. The van der Waals surface area contributed by atoms with E-state index in [9.17, 15) is 4.79 Å². The van der Waals surface area contributed by atoms with Gasteiger partial charge in [-0.2, -0.15) is 0 Å². The molecule has 0 unspecified atom stereocenters. The highest BCUT2D eigenvalue weighted by molar-refractivity contribution is 5.96. The molecule has 18 heavy (non-hydrogen) atoms. The minimum Gasteiger partial charge on any atom is -0.366 e. The van der Waals surface area contributed by atoms with Gasteiger partial charge in [0.05, 0.1) is 11.0 Å². The Morgan fingerprint density at radius 2 is 2.22 bits per heavy atom. The van der Waals surface area contributed by atoms with E-state index in [1.54, 1.807) is 12.1 Å². The number of hydrogen-bond acceptors (Lipinski definition) is 2. The predicted molar refractivity (Wildman–Crippen MR) is 69.7 cm³/mol. The van der Waals surface area contributed by atoms with E-state index >= 15 is 0 Å². The SMILES string of the molecule is CC(C)c1cn2c(nc3cc(C(N)=O)ccc32)[nH]1. The zero-order valence-electron chi connectivity index (χ0n) is 10.3. The summed E-state index contributed by atoms with van der Waals surface area (Å²) in [6, 6.07) is 5.31. The molecule has 2 aromatic heterocycles. The highest BCUT2D eigenvalue weighted by atomic mass is 16.1. The molecular formula is C13H14N4O. The Morgan fingerprint density at radius 1 is 1.44 bits per heavy atom. The van der Waals surface area contributed by atoms with Crippen LogP contribution in [0.15, 0.2) is 24.4 Å². The Kier molecular flexibility index (Phi) is 2.16. The predicted octanol–water partition coefficient (Wildman–Crippen LogP) is 2.04. The molecule has 0 bridgehead atoms. The largest absolute Gasteiger partial charge is 0.366 e. The summed E-state index contributed by atoms with van der Waals surface area (Å²) < 4.78 is 2.00. The topological polar surface area (TPSA) is 76.2 Å². The Hall–Kier alpha value is -2.30. The maximum Gasteiger partial charge on any atom is 0.248 e. The van der Waals surface area contributed by atoms with E-state index in [4.69, 9.17) is 5.73 Å². The monoisotopic (exact) mass is 242 g/mol. The van der Waals surface area contributed by atoms with Crippen molar-refractivity contribution in [3.63, 3.8) is 0 Å². The molecule has 2 heterocycles.